The molecule has 12 heteroatoms. The third-order valence-electron chi connectivity index (χ3n) is 4.62. The van der Waals surface area contributed by atoms with Crippen molar-refractivity contribution in [1.82, 2.24) is 14.5 Å². The number of aromatic nitrogens is 2. The Labute approximate surface area is 199 Å². The Morgan fingerprint density at radius 3 is 2.66 bits per heavy atom. The Morgan fingerprint density at radius 1 is 1.16 bits per heavy atom. The van der Waals surface area contributed by atoms with Crippen molar-refractivity contribution in [3.05, 3.63) is 64.7 Å². The third-order valence-corrected chi connectivity index (χ3v) is 8.89. The average molecular weight is 511 g/mol. The van der Waals surface area contributed by atoms with Crippen molar-refractivity contribution in [2.75, 3.05) is 31.6 Å². The summed E-state index contributed by atoms with van der Waals surface area (Å²) >= 11 is 8.94. The molecule has 1 aliphatic rings. The summed E-state index contributed by atoms with van der Waals surface area (Å²) in [7, 11) is -3.75. The number of nitrogens with zero attached hydrogens (tertiary/aromatic N) is 3. The number of carbonyl (C=O) groups is 1. The number of amides is 1. The highest BCUT2D eigenvalue weighted by molar-refractivity contribution is 8.00. The number of carbonyl (C=O) groups excluding carboxylic acids is 1. The van der Waals surface area contributed by atoms with Crippen molar-refractivity contribution in [2.45, 2.75) is 15.0 Å². The van der Waals surface area contributed by atoms with Gasteiger partial charge in [-0.15, -0.1) is 10.2 Å². The SMILES string of the molecule is O=C(Nc1nnc(SCc2ccccc2)s1)c1cc(S(=O)(=O)N2CCOCC2)ccc1Cl. The van der Waals surface area contributed by atoms with E-state index in [1.807, 2.05) is 30.3 Å². The summed E-state index contributed by atoms with van der Waals surface area (Å²) in [6, 6.07) is 14.0. The van der Waals surface area contributed by atoms with Crippen LogP contribution < -0.4 is 5.32 Å². The normalized spacial score (nSPS) is 14.9. The number of sulfonamides is 1. The molecule has 1 N–H and O–H groups in total. The number of hydrogen-bond acceptors (Lipinski definition) is 8. The van der Waals surface area contributed by atoms with E-state index in [0.717, 1.165) is 11.3 Å². The van der Waals surface area contributed by atoms with E-state index >= 15 is 0 Å². The minimum Gasteiger partial charge on any atom is -0.379 e. The van der Waals surface area contributed by atoms with E-state index in [9.17, 15) is 13.2 Å². The van der Waals surface area contributed by atoms with Gasteiger partial charge >= 0.3 is 0 Å². The summed E-state index contributed by atoms with van der Waals surface area (Å²) in [5, 5.41) is 11.2. The number of halogens is 1. The van der Waals surface area contributed by atoms with E-state index < -0.39 is 15.9 Å². The van der Waals surface area contributed by atoms with Gasteiger partial charge in [0.2, 0.25) is 15.2 Å². The third kappa shape index (κ3) is 5.48. The first kappa shape index (κ1) is 23.1. The number of hydrogen-bond donors (Lipinski definition) is 1. The van der Waals surface area contributed by atoms with Gasteiger partial charge in [-0.2, -0.15) is 4.31 Å². The molecule has 3 aromatic rings. The predicted octanol–water partition coefficient (Wildman–Crippen LogP) is 3.76. The standard InChI is InChI=1S/C20H19ClN4O4S3/c21-17-7-6-15(32(27,28)25-8-10-29-11-9-25)12-16(17)18(26)22-19-23-24-20(31-19)30-13-14-4-2-1-3-5-14/h1-7,12H,8-11,13H2,(H,22,23,26). The van der Waals surface area contributed by atoms with E-state index in [1.54, 1.807) is 0 Å². The highest BCUT2D eigenvalue weighted by atomic mass is 35.5. The second kappa shape index (κ2) is 10.3. The van der Waals surface area contributed by atoms with Crippen molar-refractivity contribution >= 4 is 55.8 Å². The molecular weight excluding hydrogens is 492 g/mol. The molecule has 0 bridgehead atoms. The van der Waals surface area contributed by atoms with Crippen molar-refractivity contribution in [3.63, 3.8) is 0 Å². The van der Waals surface area contributed by atoms with Crippen LogP contribution in [0.4, 0.5) is 5.13 Å². The zero-order valence-electron chi connectivity index (χ0n) is 16.7. The molecule has 32 heavy (non-hydrogen) atoms. The molecule has 1 amide bonds. The van der Waals surface area contributed by atoms with Crippen LogP contribution in [0.15, 0.2) is 57.8 Å². The number of morpholine rings is 1. The summed E-state index contributed by atoms with van der Waals surface area (Å²) < 4.78 is 33.1. The van der Waals surface area contributed by atoms with Crippen LogP contribution in [0.25, 0.3) is 0 Å². The number of thioether (sulfide) groups is 1. The minimum absolute atomic E-state index is 0.00493. The van der Waals surface area contributed by atoms with Crippen molar-refractivity contribution in [3.8, 4) is 0 Å². The molecule has 0 spiro atoms. The average Bonchev–Trinajstić information content (AvgIpc) is 3.26. The van der Waals surface area contributed by atoms with E-state index in [1.165, 1.54) is 45.6 Å². The molecule has 0 radical (unpaired) electrons. The summed E-state index contributed by atoms with van der Waals surface area (Å²) in [4.78, 5) is 12.8. The van der Waals surface area contributed by atoms with Gasteiger partial charge in [0.1, 0.15) is 0 Å². The molecule has 0 saturated carbocycles. The largest absolute Gasteiger partial charge is 0.379 e. The molecule has 2 heterocycles. The van der Waals surface area contributed by atoms with Crippen LogP contribution in [-0.4, -0.2) is 55.1 Å². The maximum absolute atomic E-state index is 12.9. The topological polar surface area (TPSA) is 101 Å². The Bertz CT molecular complexity index is 1200. The smallest absolute Gasteiger partial charge is 0.259 e. The van der Waals surface area contributed by atoms with E-state index in [2.05, 4.69) is 15.5 Å². The van der Waals surface area contributed by atoms with Gasteiger partial charge in [-0.05, 0) is 23.8 Å². The van der Waals surface area contributed by atoms with Crippen LogP contribution in [0.2, 0.25) is 5.02 Å². The van der Waals surface area contributed by atoms with Gasteiger partial charge in [0.05, 0.1) is 28.7 Å². The Morgan fingerprint density at radius 2 is 1.91 bits per heavy atom. The molecule has 4 rings (SSSR count). The maximum Gasteiger partial charge on any atom is 0.259 e. The van der Waals surface area contributed by atoms with Gasteiger partial charge in [-0.1, -0.05) is 65.0 Å². The van der Waals surface area contributed by atoms with Gasteiger partial charge in [0, 0.05) is 18.8 Å². The number of anilines is 1. The van der Waals surface area contributed by atoms with Crippen molar-refractivity contribution in [2.24, 2.45) is 0 Å². The highest BCUT2D eigenvalue weighted by Crippen LogP contribution is 2.29. The minimum atomic E-state index is -3.75. The molecule has 1 aliphatic heterocycles. The molecule has 2 aromatic carbocycles. The van der Waals surface area contributed by atoms with Crippen molar-refractivity contribution in [1.29, 1.82) is 0 Å². The fourth-order valence-corrected chi connectivity index (χ4v) is 6.32. The van der Waals surface area contributed by atoms with Gasteiger partial charge < -0.3 is 4.74 Å². The monoisotopic (exact) mass is 510 g/mol. The quantitative estimate of drug-likeness (QED) is 0.381. The Kier molecular flexibility index (Phi) is 7.44. The molecule has 168 valence electrons. The first-order chi connectivity index (χ1) is 15.4. The van der Waals surface area contributed by atoms with Crippen LogP contribution in [0.5, 0.6) is 0 Å². The lowest BCUT2D eigenvalue weighted by Crippen LogP contribution is -2.40. The van der Waals surface area contributed by atoms with Crippen LogP contribution >= 0.6 is 34.7 Å². The highest BCUT2D eigenvalue weighted by Gasteiger charge is 2.27. The van der Waals surface area contributed by atoms with Gasteiger partial charge in [0.15, 0.2) is 4.34 Å². The summed E-state index contributed by atoms with van der Waals surface area (Å²) in [6.07, 6.45) is 0. The molecule has 1 aromatic heterocycles. The van der Waals surface area contributed by atoms with Crippen LogP contribution in [0.1, 0.15) is 15.9 Å². The lowest BCUT2D eigenvalue weighted by atomic mass is 10.2. The molecule has 0 atom stereocenters. The number of benzene rings is 2. The summed E-state index contributed by atoms with van der Waals surface area (Å²) in [6.45, 7) is 1.20. The first-order valence-electron chi connectivity index (χ1n) is 9.62. The van der Waals surface area contributed by atoms with Gasteiger partial charge in [0.25, 0.3) is 5.91 Å². The summed E-state index contributed by atoms with van der Waals surface area (Å²) in [5.74, 6) is 0.182. The first-order valence-corrected chi connectivity index (χ1v) is 13.2. The van der Waals surface area contributed by atoms with Crippen LogP contribution in [0.3, 0.4) is 0 Å². The molecule has 1 fully saturated rings. The van der Waals surface area contributed by atoms with E-state index in [4.69, 9.17) is 16.3 Å². The van der Waals surface area contributed by atoms with Crippen molar-refractivity contribution < 1.29 is 17.9 Å². The van der Waals surface area contributed by atoms with Crippen LogP contribution in [0, 0.1) is 0 Å². The number of ether oxygens (including phenoxy) is 1. The molecule has 1 saturated heterocycles. The summed E-state index contributed by atoms with van der Waals surface area (Å²) in [5.41, 5.74) is 1.21. The lowest BCUT2D eigenvalue weighted by Gasteiger charge is -2.26. The second-order valence-corrected chi connectivity index (χ2v) is 11.3. The van der Waals surface area contributed by atoms with Gasteiger partial charge in [-0.25, -0.2) is 8.42 Å². The Hall–Kier alpha value is -2.02. The number of nitrogens with one attached hydrogen (secondary N) is 1. The molecular formula is C20H19ClN4O4S3. The predicted molar refractivity (Wildman–Crippen MR) is 125 cm³/mol. The van der Waals surface area contributed by atoms with E-state index in [0.29, 0.717) is 22.7 Å². The zero-order valence-corrected chi connectivity index (χ0v) is 19.9. The molecule has 0 unspecified atom stereocenters. The molecule has 0 aliphatic carbocycles. The van der Waals surface area contributed by atoms with Gasteiger partial charge in [-0.3, -0.25) is 10.1 Å². The zero-order chi connectivity index (χ0) is 22.6. The number of rotatable bonds is 7. The fourth-order valence-electron chi connectivity index (χ4n) is 2.98. The second-order valence-electron chi connectivity index (χ2n) is 6.76. The fraction of sp³-hybridized carbons (Fsp3) is 0.250. The molecule has 8 nitrogen and oxygen atoms in total. The Balaban J connectivity index is 1.45. The lowest BCUT2D eigenvalue weighted by molar-refractivity contribution is 0.0730. The van der Waals surface area contributed by atoms with E-state index in [-0.39, 0.29) is 28.6 Å². The maximum atomic E-state index is 12.9. The van der Waals surface area contributed by atoms with Crippen LogP contribution in [-0.2, 0) is 20.5 Å².